The molecule has 8 heteroatoms. The van der Waals surface area contributed by atoms with Gasteiger partial charge in [-0.15, -0.1) is 0 Å². The SMILES string of the molecule is CC.CCC(C)=C(/C=C(/C#N)C(C)CC)N1CCN(CCN2CCOCC2)CC1.Cc1ccc(OC(C)(F)F)cc1. The first-order valence-corrected chi connectivity index (χ1v) is 15.3. The Labute approximate surface area is 248 Å². The van der Waals surface area contributed by atoms with Gasteiger partial charge in [-0.3, -0.25) is 9.80 Å². The Bertz CT molecular complexity index is 953. The largest absolute Gasteiger partial charge is 0.433 e. The third-order valence-corrected chi connectivity index (χ3v) is 7.40. The first-order chi connectivity index (χ1) is 19.6. The van der Waals surface area contributed by atoms with Crippen LogP contribution in [0, 0.1) is 24.2 Å². The van der Waals surface area contributed by atoms with E-state index in [2.05, 4.69) is 59.3 Å². The van der Waals surface area contributed by atoms with Gasteiger partial charge in [0.15, 0.2) is 0 Å². The van der Waals surface area contributed by atoms with Crippen molar-refractivity contribution in [1.82, 2.24) is 14.7 Å². The van der Waals surface area contributed by atoms with Gasteiger partial charge in [-0.2, -0.15) is 14.0 Å². The molecule has 1 atom stereocenters. The van der Waals surface area contributed by atoms with Crippen LogP contribution in [0.25, 0.3) is 0 Å². The van der Waals surface area contributed by atoms with Crippen molar-refractivity contribution in [2.24, 2.45) is 5.92 Å². The molecule has 2 heterocycles. The molecule has 1 aromatic carbocycles. The number of hydrogen-bond donors (Lipinski definition) is 0. The highest BCUT2D eigenvalue weighted by atomic mass is 19.3. The summed E-state index contributed by atoms with van der Waals surface area (Å²) in [7, 11) is 0. The number of rotatable bonds is 10. The van der Waals surface area contributed by atoms with Gasteiger partial charge in [-0.25, -0.2) is 0 Å². The van der Waals surface area contributed by atoms with E-state index in [0.717, 1.165) is 89.6 Å². The standard InChI is InChI=1S/C22H38N4O.C9H10F2O.C2H6/c1-5-19(3)21(18-23)17-22(20(4)6-2)26-11-9-24(10-12-26)7-8-25-13-15-27-16-14-25;1-7-3-5-8(6-4-7)12-9(2,10)11;1-2/h17,19H,5-16H2,1-4H3;3-6H,1-2H3;1-2H3/b21-17-,22-20?;;. The molecular weight excluding hydrogens is 522 g/mol. The first kappa shape index (κ1) is 36.6. The molecule has 0 aliphatic carbocycles. The van der Waals surface area contributed by atoms with Crippen molar-refractivity contribution in [2.45, 2.75) is 74.3 Å². The molecule has 2 fully saturated rings. The summed E-state index contributed by atoms with van der Waals surface area (Å²) in [6.07, 6.45) is 1.10. The van der Waals surface area contributed by atoms with Gasteiger partial charge in [0.2, 0.25) is 0 Å². The molecular formula is C33H54F2N4O2. The van der Waals surface area contributed by atoms with E-state index in [1.807, 2.05) is 20.8 Å². The zero-order chi connectivity index (χ0) is 30.8. The van der Waals surface area contributed by atoms with Gasteiger partial charge in [-0.1, -0.05) is 57.9 Å². The maximum atomic E-state index is 12.3. The van der Waals surface area contributed by atoms with E-state index in [4.69, 9.17) is 4.74 Å². The smallest absolute Gasteiger partial charge is 0.394 e. The van der Waals surface area contributed by atoms with Gasteiger partial charge in [0.1, 0.15) is 5.75 Å². The second-order valence-corrected chi connectivity index (χ2v) is 10.5. The second-order valence-electron chi connectivity index (χ2n) is 10.5. The lowest BCUT2D eigenvalue weighted by molar-refractivity contribution is -0.158. The molecule has 6 nitrogen and oxygen atoms in total. The van der Waals surface area contributed by atoms with Crippen molar-refractivity contribution in [3.05, 3.63) is 52.7 Å². The molecule has 41 heavy (non-hydrogen) atoms. The number of nitrogens with zero attached hydrogens (tertiary/aromatic N) is 4. The number of piperazine rings is 1. The predicted octanol–water partition coefficient (Wildman–Crippen LogP) is 7.13. The monoisotopic (exact) mass is 576 g/mol. The fourth-order valence-electron chi connectivity index (χ4n) is 4.45. The van der Waals surface area contributed by atoms with Crippen LogP contribution in [-0.4, -0.2) is 86.4 Å². The molecule has 0 bridgehead atoms. The van der Waals surface area contributed by atoms with Crippen molar-refractivity contribution in [3.63, 3.8) is 0 Å². The Hall–Kier alpha value is -2.47. The van der Waals surface area contributed by atoms with Gasteiger partial charge in [0, 0.05) is 70.6 Å². The number of ether oxygens (including phenoxy) is 2. The normalized spacial score (nSPS) is 18.2. The third-order valence-electron chi connectivity index (χ3n) is 7.40. The maximum absolute atomic E-state index is 12.3. The molecule has 2 aliphatic heterocycles. The zero-order valence-corrected chi connectivity index (χ0v) is 26.8. The summed E-state index contributed by atoms with van der Waals surface area (Å²) >= 11 is 0. The number of alkyl halides is 2. The molecule has 0 N–H and O–H groups in total. The van der Waals surface area contributed by atoms with Crippen molar-refractivity contribution >= 4 is 0 Å². The number of hydrogen-bond acceptors (Lipinski definition) is 6. The number of nitriles is 1. The molecule has 2 saturated heterocycles. The van der Waals surface area contributed by atoms with Gasteiger partial charge in [0.25, 0.3) is 0 Å². The Morgan fingerprint density at radius 3 is 2.02 bits per heavy atom. The van der Waals surface area contributed by atoms with Crippen LogP contribution in [0.5, 0.6) is 5.75 Å². The molecule has 0 amide bonds. The summed E-state index contributed by atoms with van der Waals surface area (Å²) in [4.78, 5) is 7.58. The van der Waals surface area contributed by atoms with E-state index in [9.17, 15) is 14.0 Å². The van der Waals surface area contributed by atoms with Gasteiger partial charge < -0.3 is 14.4 Å². The van der Waals surface area contributed by atoms with E-state index in [0.29, 0.717) is 12.8 Å². The molecule has 0 aromatic heterocycles. The average Bonchev–Trinajstić information content (AvgIpc) is 2.99. The number of benzene rings is 1. The lowest BCUT2D eigenvalue weighted by atomic mass is 9.97. The van der Waals surface area contributed by atoms with E-state index in [1.54, 1.807) is 12.1 Å². The first-order valence-electron chi connectivity index (χ1n) is 15.3. The zero-order valence-electron chi connectivity index (χ0n) is 26.8. The average molecular weight is 577 g/mol. The molecule has 0 radical (unpaired) electrons. The maximum Gasteiger partial charge on any atom is 0.394 e. The molecule has 0 spiro atoms. The predicted molar refractivity (Wildman–Crippen MR) is 165 cm³/mol. The molecule has 1 unspecified atom stereocenters. The van der Waals surface area contributed by atoms with Crippen LogP contribution >= 0.6 is 0 Å². The third kappa shape index (κ3) is 14.3. The fraction of sp³-hybridized carbons (Fsp3) is 0.667. The molecule has 2 aliphatic rings. The summed E-state index contributed by atoms with van der Waals surface area (Å²) in [5.41, 5.74) is 4.59. The molecule has 0 saturated carbocycles. The van der Waals surface area contributed by atoms with Crippen LogP contribution in [0.4, 0.5) is 8.78 Å². The topological polar surface area (TPSA) is 52.0 Å². The van der Waals surface area contributed by atoms with Crippen LogP contribution in [0.2, 0.25) is 0 Å². The summed E-state index contributed by atoms with van der Waals surface area (Å²) in [5.74, 6) is 0.512. The Balaban J connectivity index is 0.000000500. The Kier molecular flexibility index (Phi) is 17.5. The highest BCUT2D eigenvalue weighted by Crippen LogP contribution is 2.23. The number of morpholine rings is 1. The minimum Gasteiger partial charge on any atom is -0.433 e. The van der Waals surface area contributed by atoms with Crippen LogP contribution < -0.4 is 4.74 Å². The van der Waals surface area contributed by atoms with E-state index < -0.39 is 6.11 Å². The minimum absolute atomic E-state index is 0.188. The van der Waals surface area contributed by atoms with E-state index >= 15 is 0 Å². The summed E-state index contributed by atoms with van der Waals surface area (Å²) in [6.45, 7) is 25.8. The molecule has 3 rings (SSSR count). The quantitative estimate of drug-likeness (QED) is 0.218. The van der Waals surface area contributed by atoms with Gasteiger partial charge in [0.05, 0.1) is 19.3 Å². The fourth-order valence-corrected chi connectivity index (χ4v) is 4.45. The highest BCUT2D eigenvalue weighted by Gasteiger charge is 2.23. The van der Waals surface area contributed by atoms with Gasteiger partial charge >= 0.3 is 6.11 Å². The van der Waals surface area contributed by atoms with Gasteiger partial charge in [-0.05, 0) is 50.8 Å². The molecule has 232 valence electrons. The van der Waals surface area contributed by atoms with E-state index in [1.165, 1.54) is 23.4 Å². The van der Waals surface area contributed by atoms with Crippen LogP contribution in [0.15, 0.2) is 47.2 Å². The highest BCUT2D eigenvalue weighted by molar-refractivity contribution is 5.35. The summed E-state index contributed by atoms with van der Waals surface area (Å²) in [5, 5.41) is 9.58. The molecule has 1 aromatic rings. The van der Waals surface area contributed by atoms with Crippen molar-refractivity contribution in [3.8, 4) is 11.8 Å². The number of allylic oxidation sites excluding steroid dienone is 3. The van der Waals surface area contributed by atoms with Crippen molar-refractivity contribution in [2.75, 3.05) is 65.6 Å². The summed E-state index contributed by atoms with van der Waals surface area (Å²) < 4.78 is 34.3. The van der Waals surface area contributed by atoms with Crippen LogP contribution in [0.1, 0.15) is 66.9 Å². The van der Waals surface area contributed by atoms with E-state index in [-0.39, 0.29) is 5.75 Å². The Morgan fingerprint density at radius 1 is 1.02 bits per heavy atom. The van der Waals surface area contributed by atoms with Crippen LogP contribution in [-0.2, 0) is 4.74 Å². The second kappa shape index (κ2) is 19.6. The lowest BCUT2D eigenvalue weighted by Gasteiger charge is -2.38. The van der Waals surface area contributed by atoms with Crippen molar-refractivity contribution < 1.29 is 18.3 Å². The lowest BCUT2D eigenvalue weighted by Crippen LogP contribution is -2.49. The number of aryl methyl sites for hydroxylation is 1. The minimum atomic E-state index is -3.10. The number of halogens is 2. The van der Waals surface area contributed by atoms with Crippen LogP contribution in [0.3, 0.4) is 0 Å². The summed E-state index contributed by atoms with van der Waals surface area (Å²) in [6, 6.07) is 8.93. The van der Waals surface area contributed by atoms with Crippen molar-refractivity contribution in [1.29, 1.82) is 5.26 Å². The Morgan fingerprint density at radius 2 is 1.56 bits per heavy atom.